The lowest BCUT2D eigenvalue weighted by atomic mass is 9.87. The molecule has 0 spiro atoms. The summed E-state index contributed by atoms with van der Waals surface area (Å²) in [5.74, 6) is 2.34. The van der Waals surface area contributed by atoms with Crippen molar-refractivity contribution in [3.05, 3.63) is 5.82 Å². The lowest BCUT2D eigenvalue weighted by Gasteiger charge is -2.35. The van der Waals surface area contributed by atoms with E-state index in [9.17, 15) is 0 Å². The molecule has 0 fully saturated rings. The van der Waals surface area contributed by atoms with Gasteiger partial charge in [0, 0.05) is 13.1 Å². The smallest absolute Gasteiger partial charge is 0.171 e. The van der Waals surface area contributed by atoms with E-state index in [0.29, 0.717) is 11.9 Å². The maximum Gasteiger partial charge on any atom is 0.171 e. The second-order valence-electron chi connectivity index (χ2n) is 5.21. The first-order valence-electron chi connectivity index (χ1n) is 5.28. The van der Waals surface area contributed by atoms with Crippen LogP contribution in [-0.4, -0.2) is 23.1 Å². The lowest BCUT2D eigenvalue weighted by molar-refractivity contribution is 0.329. The number of hydrogen-bond acceptors (Lipinski definition) is 3. The number of imidazole rings is 1. The molecule has 0 aromatic carbocycles. The number of rotatable bonds is 2. The summed E-state index contributed by atoms with van der Waals surface area (Å²) in [5, 5.41) is 0. The maximum atomic E-state index is 5.86. The predicted octanol–water partition coefficient (Wildman–Crippen LogP) is 2.17. The van der Waals surface area contributed by atoms with E-state index in [2.05, 4.69) is 42.6 Å². The minimum Gasteiger partial charge on any atom is -0.382 e. The molecule has 1 heterocycles. The number of nitrogen functional groups attached to an aromatic ring is 1. The Morgan fingerprint density at radius 1 is 1.40 bits per heavy atom. The predicted molar refractivity (Wildman–Crippen MR) is 65.1 cm³/mol. The molecule has 1 atom stereocenters. The van der Waals surface area contributed by atoms with Gasteiger partial charge in [0.05, 0.1) is 0 Å². The van der Waals surface area contributed by atoms with Crippen molar-refractivity contribution in [3.8, 4) is 0 Å². The highest BCUT2D eigenvalue weighted by Gasteiger charge is 2.26. The SMILES string of the molecule is Cc1nc(N(C)C(C)C(C)(C)C)c(N)[nH]1. The molecule has 0 saturated heterocycles. The lowest BCUT2D eigenvalue weighted by Crippen LogP contribution is -2.39. The van der Waals surface area contributed by atoms with Crippen LogP contribution in [0.25, 0.3) is 0 Å². The van der Waals surface area contributed by atoms with Crippen molar-refractivity contribution in [2.75, 3.05) is 17.7 Å². The minimum atomic E-state index is 0.202. The molecule has 0 radical (unpaired) electrons. The molecular formula is C11H22N4. The van der Waals surface area contributed by atoms with Gasteiger partial charge in [0.2, 0.25) is 0 Å². The number of aromatic amines is 1. The first kappa shape index (κ1) is 11.9. The van der Waals surface area contributed by atoms with Crippen molar-refractivity contribution in [3.63, 3.8) is 0 Å². The van der Waals surface area contributed by atoms with E-state index < -0.39 is 0 Å². The van der Waals surface area contributed by atoms with Crippen LogP contribution in [0.1, 0.15) is 33.5 Å². The van der Waals surface area contributed by atoms with Gasteiger partial charge < -0.3 is 15.6 Å². The number of H-pyrrole nitrogens is 1. The molecule has 0 amide bonds. The highest BCUT2D eigenvalue weighted by Crippen LogP contribution is 2.28. The van der Waals surface area contributed by atoms with Crippen LogP contribution in [0.2, 0.25) is 0 Å². The van der Waals surface area contributed by atoms with E-state index in [4.69, 9.17) is 5.73 Å². The van der Waals surface area contributed by atoms with Crippen LogP contribution in [0, 0.1) is 12.3 Å². The number of aryl methyl sites for hydroxylation is 1. The molecule has 1 aromatic rings. The summed E-state index contributed by atoms with van der Waals surface area (Å²) in [7, 11) is 2.03. The Balaban J connectivity index is 2.94. The molecule has 0 aliphatic heterocycles. The highest BCUT2D eigenvalue weighted by atomic mass is 15.2. The van der Waals surface area contributed by atoms with Crippen LogP contribution in [-0.2, 0) is 0 Å². The van der Waals surface area contributed by atoms with Crippen molar-refractivity contribution in [1.82, 2.24) is 9.97 Å². The Bertz CT molecular complexity index is 335. The summed E-state index contributed by atoms with van der Waals surface area (Å²) in [6, 6.07) is 0.377. The number of nitrogens with one attached hydrogen (secondary N) is 1. The summed E-state index contributed by atoms with van der Waals surface area (Å²) in [6.07, 6.45) is 0. The zero-order valence-corrected chi connectivity index (χ0v) is 10.5. The summed E-state index contributed by atoms with van der Waals surface area (Å²) in [5.41, 5.74) is 6.07. The van der Waals surface area contributed by atoms with E-state index in [0.717, 1.165) is 11.6 Å². The van der Waals surface area contributed by atoms with Crippen LogP contribution in [0.3, 0.4) is 0 Å². The zero-order chi connectivity index (χ0) is 11.8. The van der Waals surface area contributed by atoms with Gasteiger partial charge in [-0.3, -0.25) is 0 Å². The first-order valence-corrected chi connectivity index (χ1v) is 5.28. The van der Waals surface area contributed by atoms with Crippen LogP contribution in [0.5, 0.6) is 0 Å². The molecule has 4 heteroatoms. The molecule has 0 aliphatic carbocycles. The Morgan fingerprint density at radius 3 is 2.27 bits per heavy atom. The van der Waals surface area contributed by atoms with Gasteiger partial charge >= 0.3 is 0 Å². The van der Waals surface area contributed by atoms with Gasteiger partial charge in [0.15, 0.2) is 5.82 Å². The molecule has 0 bridgehead atoms. The molecule has 3 N–H and O–H groups in total. The fourth-order valence-electron chi connectivity index (χ4n) is 1.53. The van der Waals surface area contributed by atoms with E-state index in [1.165, 1.54) is 0 Å². The molecule has 0 saturated carbocycles. The Hall–Kier alpha value is -1.19. The van der Waals surface area contributed by atoms with Crippen molar-refractivity contribution < 1.29 is 0 Å². The molecule has 1 aromatic heterocycles. The number of aromatic nitrogens is 2. The standard InChI is InChI=1S/C11H22N4/c1-7(11(3,4)5)15(6)10-9(12)13-8(2)14-10/h7H,12H2,1-6H3,(H,13,14). The number of hydrogen-bond donors (Lipinski definition) is 2. The first-order chi connectivity index (χ1) is 6.73. The Morgan fingerprint density at radius 2 is 1.93 bits per heavy atom. The van der Waals surface area contributed by atoms with Gasteiger partial charge in [0.25, 0.3) is 0 Å². The Kier molecular flexibility index (Phi) is 2.98. The molecule has 1 unspecified atom stereocenters. The van der Waals surface area contributed by atoms with Crippen LogP contribution in [0.15, 0.2) is 0 Å². The van der Waals surface area contributed by atoms with Crippen molar-refractivity contribution >= 4 is 11.6 Å². The third kappa shape index (κ3) is 2.43. The average molecular weight is 210 g/mol. The van der Waals surface area contributed by atoms with Crippen molar-refractivity contribution in [2.45, 2.75) is 40.7 Å². The molecule has 1 rings (SSSR count). The largest absolute Gasteiger partial charge is 0.382 e. The molecule has 86 valence electrons. The second kappa shape index (κ2) is 3.76. The second-order valence-corrected chi connectivity index (χ2v) is 5.21. The summed E-state index contributed by atoms with van der Waals surface area (Å²) in [4.78, 5) is 9.53. The molecular weight excluding hydrogens is 188 g/mol. The third-order valence-corrected chi connectivity index (χ3v) is 3.00. The summed E-state index contributed by atoms with van der Waals surface area (Å²) < 4.78 is 0. The minimum absolute atomic E-state index is 0.202. The number of nitrogens with zero attached hydrogens (tertiary/aromatic N) is 2. The fraction of sp³-hybridized carbons (Fsp3) is 0.727. The quantitative estimate of drug-likeness (QED) is 0.786. The van der Waals surface area contributed by atoms with Crippen molar-refractivity contribution in [1.29, 1.82) is 0 Å². The highest BCUT2D eigenvalue weighted by molar-refractivity contribution is 5.59. The normalized spacial score (nSPS) is 14.0. The monoisotopic (exact) mass is 210 g/mol. The van der Waals surface area contributed by atoms with Crippen LogP contribution >= 0.6 is 0 Å². The molecule has 15 heavy (non-hydrogen) atoms. The van der Waals surface area contributed by atoms with E-state index >= 15 is 0 Å². The third-order valence-electron chi connectivity index (χ3n) is 3.00. The van der Waals surface area contributed by atoms with Gasteiger partial charge in [0.1, 0.15) is 11.6 Å². The van der Waals surface area contributed by atoms with Gasteiger partial charge in [-0.25, -0.2) is 4.98 Å². The Labute approximate surface area is 91.9 Å². The number of anilines is 2. The summed E-state index contributed by atoms with van der Waals surface area (Å²) >= 11 is 0. The zero-order valence-electron chi connectivity index (χ0n) is 10.5. The molecule has 4 nitrogen and oxygen atoms in total. The average Bonchev–Trinajstić information content (AvgIpc) is 2.41. The number of nitrogens with two attached hydrogens (primary N) is 1. The van der Waals surface area contributed by atoms with Crippen LogP contribution in [0.4, 0.5) is 11.6 Å². The van der Waals surface area contributed by atoms with E-state index in [1.807, 2.05) is 14.0 Å². The molecule has 0 aliphatic rings. The summed E-state index contributed by atoms with van der Waals surface area (Å²) in [6.45, 7) is 10.7. The topological polar surface area (TPSA) is 57.9 Å². The van der Waals surface area contributed by atoms with E-state index in [1.54, 1.807) is 0 Å². The van der Waals surface area contributed by atoms with Gasteiger partial charge in [-0.15, -0.1) is 0 Å². The maximum absolute atomic E-state index is 5.86. The van der Waals surface area contributed by atoms with Gasteiger partial charge in [-0.1, -0.05) is 20.8 Å². The van der Waals surface area contributed by atoms with Crippen LogP contribution < -0.4 is 10.6 Å². The van der Waals surface area contributed by atoms with Gasteiger partial charge in [-0.05, 0) is 19.3 Å². The van der Waals surface area contributed by atoms with Gasteiger partial charge in [-0.2, -0.15) is 0 Å². The fourth-order valence-corrected chi connectivity index (χ4v) is 1.53. The van der Waals surface area contributed by atoms with E-state index in [-0.39, 0.29) is 5.41 Å². The van der Waals surface area contributed by atoms with Crippen molar-refractivity contribution in [2.24, 2.45) is 5.41 Å².